The Hall–Kier alpha value is -3.55. The first-order valence-corrected chi connectivity index (χ1v) is 7.54. The van der Waals surface area contributed by atoms with Crippen molar-refractivity contribution in [3.05, 3.63) is 72.1 Å². The van der Waals surface area contributed by atoms with E-state index in [4.69, 9.17) is 4.74 Å². The smallest absolute Gasteiger partial charge is 0.258 e. The van der Waals surface area contributed by atoms with E-state index in [2.05, 4.69) is 20.6 Å². The Kier molecular flexibility index (Phi) is 5.02. The van der Waals surface area contributed by atoms with Crippen LogP contribution in [0, 0.1) is 11.6 Å². The van der Waals surface area contributed by atoms with E-state index in [0.29, 0.717) is 17.1 Å². The van der Waals surface area contributed by atoms with Crippen molar-refractivity contribution >= 4 is 23.2 Å². The fourth-order valence-electron chi connectivity index (χ4n) is 2.09. The van der Waals surface area contributed by atoms with E-state index in [9.17, 15) is 13.6 Å². The molecule has 1 aromatic heterocycles. The second-order valence-electron chi connectivity index (χ2n) is 5.23. The van der Waals surface area contributed by atoms with Gasteiger partial charge in [0.15, 0.2) is 11.6 Å². The Morgan fingerprint density at radius 1 is 0.962 bits per heavy atom. The van der Waals surface area contributed by atoms with E-state index in [1.54, 1.807) is 31.4 Å². The average molecular weight is 356 g/mol. The molecule has 8 heteroatoms. The summed E-state index contributed by atoms with van der Waals surface area (Å²) in [5.41, 5.74) is 1.13. The summed E-state index contributed by atoms with van der Waals surface area (Å²) in [6.45, 7) is 0. The summed E-state index contributed by atoms with van der Waals surface area (Å²) in [7, 11) is 1.56. The lowest BCUT2D eigenvalue weighted by Crippen LogP contribution is -2.13. The van der Waals surface area contributed by atoms with E-state index in [-0.39, 0.29) is 17.4 Å². The number of benzene rings is 2. The SMILES string of the molecule is COc1ccc(NC(=O)c2cnc(Nc3ccc(F)c(F)c3)nc2)cc1. The van der Waals surface area contributed by atoms with Crippen molar-refractivity contribution in [3.8, 4) is 5.75 Å². The van der Waals surface area contributed by atoms with E-state index in [1.807, 2.05) is 0 Å². The second-order valence-corrected chi connectivity index (χ2v) is 5.23. The van der Waals surface area contributed by atoms with Crippen molar-refractivity contribution in [3.63, 3.8) is 0 Å². The standard InChI is InChI=1S/C18H14F2N4O2/c1-26-14-5-2-12(3-6-14)23-17(25)11-9-21-18(22-10-11)24-13-4-7-15(19)16(20)8-13/h2-10H,1H3,(H,23,25)(H,21,22,24). The van der Waals surface area contributed by atoms with Crippen LogP contribution in [0.2, 0.25) is 0 Å². The van der Waals surface area contributed by atoms with Crippen molar-refractivity contribution in [2.45, 2.75) is 0 Å². The molecular weight excluding hydrogens is 342 g/mol. The largest absolute Gasteiger partial charge is 0.497 e. The summed E-state index contributed by atoms with van der Waals surface area (Å²) in [5, 5.41) is 5.43. The first-order valence-electron chi connectivity index (χ1n) is 7.54. The Balaban J connectivity index is 1.66. The van der Waals surface area contributed by atoms with Crippen LogP contribution in [0.4, 0.5) is 26.1 Å². The van der Waals surface area contributed by atoms with Gasteiger partial charge in [0.1, 0.15) is 5.75 Å². The van der Waals surface area contributed by atoms with Crippen molar-refractivity contribution in [2.75, 3.05) is 17.7 Å². The molecule has 3 rings (SSSR count). The molecule has 0 bridgehead atoms. The van der Waals surface area contributed by atoms with Crippen molar-refractivity contribution in [1.82, 2.24) is 9.97 Å². The summed E-state index contributed by atoms with van der Waals surface area (Å²) in [6, 6.07) is 10.2. The Labute approximate surface area is 147 Å². The van der Waals surface area contributed by atoms with Crippen LogP contribution >= 0.6 is 0 Å². The molecule has 0 radical (unpaired) electrons. The molecule has 1 heterocycles. The minimum atomic E-state index is -0.981. The molecule has 0 unspecified atom stereocenters. The van der Waals surface area contributed by atoms with Gasteiger partial charge in [-0.3, -0.25) is 4.79 Å². The topological polar surface area (TPSA) is 76.1 Å². The number of carbonyl (C=O) groups is 1. The number of methoxy groups -OCH3 is 1. The lowest BCUT2D eigenvalue weighted by molar-refractivity contribution is 0.102. The first kappa shape index (κ1) is 17.3. The maximum absolute atomic E-state index is 13.2. The number of amides is 1. The number of hydrogen-bond acceptors (Lipinski definition) is 5. The molecule has 0 fully saturated rings. The van der Waals surface area contributed by atoms with Gasteiger partial charge < -0.3 is 15.4 Å². The molecule has 132 valence electrons. The van der Waals surface area contributed by atoms with Gasteiger partial charge in [-0.05, 0) is 36.4 Å². The molecule has 26 heavy (non-hydrogen) atoms. The Morgan fingerprint density at radius 3 is 2.23 bits per heavy atom. The third-order valence-electron chi connectivity index (χ3n) is 3.44. The summed E-state index contributed by atoms with van der Waals surface area (Å²) in [4.78, 5) is 20.2. The summed E-state index contributed by atoms with van der Waals surface area (Å²) in [5.74, 6) is -1.47. The Bertz CT molecular complexity index is 915. The van der Waals surface area contributed by atoms with Gasteiger partial charge in [-0.2, -0.15) is 0 Å². The summed E-state index contributed by atoms with van der Waals surface area (Å²) < 4.78 is 31.2. The summed E-state index contributed by atoms with van der Waals surface area (Å²) >= 11 is 0. The first-order chi connectivity index (χ1) is 12.5. The van der Waals surface area contributed by atoms with Gasteiger partial charge in [0.25, 0.3) is 5.91 Å². The van der Waals surface area contributed by atoms with Crippen LogP contribution in [0.25, 0.3) is 0 Å². The molecule has 0 aliphatic rings. The third kappa shape index (κ3) is 4.10. The maximum atomic E-state index is 13.2. The second kappa shape index (κ2) is 7.56. The molecule has 0 saturated carbocycles. The summed E-state index contributed by atoms with van der Waals surface area (Å²) in [6.07, 6.45) is 2.65. The maximum Gasteiger partial charge on any atom is 0.258 e. The van der Waals surface area contributed by atoms with Gasteiger partial charge in [0.05, 0.1) is 12.7 Å². The molecule has 1 amide bonds. The van der Waals surface area contributed by atoms with E-state index >= 15 is 0 Å². The number of rotatable bonds is 5. The molecule has 0 aliphatic heterocycles. The van der Waals surface area contributed by atoms with Crippen LogP contribution in [0.1, 0.15) is 10.4 Å². The van der Waals surface area contributed by atoms with Crippen molar-refractivity contribution in [2.24, 2.45) is 0 Å². The molecule has 0 saturated heterocycles. The zero-order valence-electron chi connectivity index (χ0n) is 13.7. The molecule has 3 aromatic rings. The molecule has 2 aromatic carbocycles. The highest BCUT2D eigenvalue weighted by Crippen LogP contribution is 2.17. The predicted molar refractivity (Wildman–Crippen MR) is 92.6 cm³/mol. The molecule has 0 atom stereocenters. The fraction of sp³-hybridized carbons (Fsp3) is 0.0556. The van der Waals surface area contributed by atoms with Gasteiger partial charge in [-0.1, -0.05) is 0 Å². The van der Waals surface area contributed by atoms with Gasteiger partial charge in [0, 0.05) is 29.8 Å². The number of halogens is 2. The fourth-order valence-corrected chi connectivity index (χ4v) is 2.09. The molecule has 6 nitrogen and oxygen atoms in total. The third-order valence-corrected chi connectivity index (χ3v) is 3.44. The highest BCUT2D eigenvalue weighted by atomic mass is 19.2. The van der Waals surface area contributed by atoms with Gasteiger partial charge in [0.2, 0.25) is 5.95 Å². The quantitative estimate of drug-likeness (QED) is 0.728. The number of carbonyl (C=O) groups excluding carboxylic acids is 1. The molecule has 0 spiro atoms. The highest BCUT2D eigenvalue weighted by molar-refractivity contribution is 6.03. The van der Waals surface area contributed by atoms with E-state index < -0.39 is 11.6 Å². The lowest BCUT2D eigenvalue weighted by atomic mass is 10.2. The number of aromatic nitrogens is 2. The van der Waals surface area contributed by atoms with Crippen LogP contribution < -0.4 is 15.4 Å². The lowest BCUT2D eigenvalue weighted by Gasteiger charge is -2.07. The van der Waals surface area contributed by atoms with Crippen LogP contribution in [-0.4, -0.2) is 23.0 Å². The van der Waals surface area contributed by atoms with Crippen LogP contribution in [0.3, 0.4) is 0 Å². The van der Waals surface area contributed by atoms with Crippen molar-refractivity contribution in [1.29, 1.82) is 0 Å². The zero-order chi connectivity index (χ0) is 18.5. The van der Waals surface area contributed by atoms with E-state index in [1.165, 1.54) is 18.5 Å². The average Bonchev–Trinajstić information content (AvgIpc) is 2.66. The van der Waals surface area contributed by atoms with Crippen LogP contribution in [0.5, 0.6) is 5.75 Å². The minimum absolute atomic E-state index is 0.150. The number of nitrogens with one attached hydrogen (secondary N) is 2. The highest BCUT2D eigenvalue weighted by Gasteiger charge is 2.09. The number of ether oxygens (including phenoxy) is 1. The zero-order valence-corrected chi connectivity index (χ0v) is 13.7. The minimum Gasteiger partial charge on any atom is -0.497 e. The number of hydrogen-bond donors (Lipinski definition) is 2. The predicted octanol–water partition coefficient (Wildman–Crippen LogP) is 3.76. The van der Waals surface area contributed by atoms with Gasteiger partial charge in [-0.25, -0.2) is 18.7 Å². The van der Waals surface area contributed by atoms with Gasteiger partial charge in [-0.15, -0.1) is 0 Å². The van der Waals surface area contributed by atoms with E-state index in [0.717, 1.165) is 12.1 Å². The van der Waals surface area contributed by atoms with Crippen LogP contribution in [0.15, 0.2) is 54.9 Å². The Morgan fingerprint density at radius 2 is 1.62 bits per heavy atom. The number of anilines is 3. The van der Waals surface area contributed by atoms with Gasteiger partial charge >= 0.3 is 0 Å². The normalized spacial score (nSPS) is 10.3. The molecule has 0 aliphatic carbocycles. The van der Waals surface area contributed by atoms with Crippen LogP contribution in [-0.2, 0) is 0 Å². The molecular formula is C18H14F2N4O2. The molecule has 2 N–H and O–H groups in total. The van der Waals surface area contributed by atoms with Crippen molar-refractivity contribution < 1.29 is 18.3 Å². The monoisotopic (exact) mass is 356 g/mol. The number of nitrogens with zero attached hydrogens (tertiary/aromatic N) is 2.